The Morgan fingerprint density at radius 2 is 2.00 bits per heavy atom. The van der Waals surface area contributed by atoms with Crippen molar-refractivity contribution >= 4 is 18.0 Å². The van der Waals surface area contributed by atoms with Crippen molar-refractivity contribution in [2.45, 2.75) is 36.8 Å². The molecule has 1 aromatic carbocycles. The van der Waals surface area contributed by atoms with Crippen molar-refractivity contribution in [2.24, 2.45) is 0 Å². The highest BCUT2D eigenvalue weighted by Crippen LogP contribution is 2.25. The van der Waals surface area contributed by atoms with Gasteiger partial charge in [0, 0.05) is 15.7 Å². The standard InChI is InChI=1S/C12H16OS/c1-3-4-10(2)14-12-7-5-11(9-13)6-8-12/h5-10H,3-4H2,1-2H3. The molecule has 1 rings (SSSR count). The van der Waals surface area contributed by atoms with Gasteiger partial charge in [0.2, 0.25) is 0 Å². The highest BCUT2D eigenvalue weighted by atomic mass is 32.2. The molecule has 76 valence electrons. The van der Waals surface area contributed by atoms with Crippen molar-refractivity contribution in [1.29, 1.82) is 0 Å². The minimum Gasteiger partial charge on any atom is -0.298 e. The minimum absolute atomic E-state index is 0.655. The molecule has 2 heteroatoms. The summed E-state index contributed by atoms with van der Waals surface area (Å²) in [7, 11) is 0. The molecule has 0 aliphatic rings. The Kier molecular flexibility index (Phi) is 4.74. The van der Waals surface area contributed by atoms with E-state index >= 15 is 0 Å². The van der Waals surface area contributed by atoms with Gasteiger partial charge in [-0.15, -0.1) is 11.8 Å². The van der Waals surface area contributed by atoms with E-state index in [0.29, 0.717) is 5.25 Å². The molecule has 1 aromatic rings. The predicted molar refractivity (Wildman–Crippen MR) is 62.1 cm³/mol. The zero-order valence-corrected chi connectivity index (χ0v) is 9.51. The Morgan fingerprint density at radius 1 is 1.36 bits per heavy atom. The first kappa shape index (κ1) is 11.3. The second-order valence-electron chi connectivity index (χ2n) is 3.40. The van der Waals surface area contributed by atoms with E-state index in [4.69, 9.17) is 0 Å². The summed E-state index contributed by atoms with van der Waals surface area (Å²) in [6.45, 7) is 4.44. The SMILES string of the molecule is CCCC(C)Sc1ccc(C=O)cc1. The quantitative estimate of drug-likeness (QED) is 0.541. The molecule has 0 heterocycles. The van der Waals surface area contributed by atoms with Crippen LogP contribution in [0.3, 0.4) is 0 Å². The number of aldehydes is 1. The Hall–Kier alpha value is -0.760. The summed E-state index contributed by atoms with van der Waals surface area (Å²) in [4.78, 5) is 11.7. The van der Waals surface area contributed by atoms with Crippen LogP contribution in [0, 0.1) is 0 Å². The molecule has 0 aliphatic carbocycles. The fourth-order valence-electron chi connectivity index (χ4n) is 1.32. The van der Waals surface area contributed by atoms with Crippen LogP contribution in [-0.2, 0) is 0 Å². The van der Waals surface area contributed by atoms with E-state index in [-0.39, 0.29) is 0 Å². The monoisotopic (exact) mass is 208 g/mol. The van der Waals surface area contributed by atoms with E-state index in [9.17, 15) is 4.79 Å². The van der Waals surface area contributed by atoms with Crippen LogP contribution >= 0.6 is 11.8 Å². The second kappa shape index (κ2) is 5.86. The molecule has 0 N–H and O–H groups in total. The molecule has 1 unspecified atom stereocenters. The van der Waals surface area contributed by atoms with Crippen LogP contribution in [0.25, 0.3) is 0 Å². The summed E-state index contributed by atoms with van der Waals surface area (Å²) >= 11 is 1.87. The Morgan fingerprint density at radius 3 is 2.50 bits per heavy atom. The van der Waals surface area contributed by atoms with Crippen LogP contribution in [0.2, 0.25) is 0 Å². The van der Waals surface area contributed by atoms with Gasteiger partial charge in [0.25, 0.3) is 0 Å². The van der Waals surface area contributed by atoms with E-state index in [0.717, 1.165) is 11.8 Å². The maximum Gasteiger partial charge on any atom is 0.150 e. The molecule has 0 saturated carbocycles. The first-order valence-electron chi connectivity index (χ1n) is 4.98. The highest BCUT2D eigenvalue weighted by molar-refractivity contribution is 7.99. The molecule has 0 amide bonds. The van der Waals surface area contributed by atoms with Crippen molar-refractivity contribution in [3.05, 3.63) is 29.8 Å². The number of thioether (sulfide) groups is 1. The number of rotatable bonds is 5. The minimum atomic E-state index is 0.655. The van der Waals surface area contributed by atoms with Gasteiger partial charge in [-0.1, -0.05) is 32.4 Å². The molecule has 0 spiro atoms. The van der Waals surface area contributed by atoms with Gasteiger partial charge in [-0.2, -0.15) is 0 Å². The number of benzene rings is 1. The maximum atomic E-state index is 10.4. The fraction of sp³-hybridized carbons (Fsp3) is 0.417. The molecule has 14 heavy (non-hydrogen) atoms. The average Bonchev–Trinajstić information content (AvgIpc) is 2.19. The Balaban J connectivity index is 2.55. The number of hydrogen-bond acceptors (Lipinski definition) is 2. The summed E-state index contributed by atoms with van der Waals surface area (Å²) in [5.74, 6) is 0. The van der Waals surface area contributed by atoms with Gasteiger partial charge in [-0.05, 0) is 18.6 Å². The summed E-state index contributed by atoms with van der Waals surface area (Å²) in [6, 6.07) is 7.77. The lowest BCUT2D eigenvalue weighted by atomic mass is 10.2. The maximum absolute atomic E-state index is 10.4. The fourth-order valence-corrected chi connectivity index (χ4v) is 2.43. The van der Waals surface area contributed by atoms with Crippen molar-refractivity contribution in [3.8, 4) is 0 Å². The van der Waals surface area contributed by atoms with Gasteiger partial charge >= 0.3 is 0 Å². The number of carbonyl (C=O) groups is 1. The predicted octanol–water partition coefficient (Wildman–Crippen LogP) is 3.78. The Bertz CT molecular complexity index is 279. The van der Waals surface area contributed by atoms with Gasteiger partial charge in [0.05, 0.1) is 0 Å². The van der Waals surface area contributed by atoms with Crippen molar-refractivity contribution < 1.29 is 4.79 Å². The highest BCUT2D eigenvalue weighted by Gasteiger charge is 2.02. The van der Waals surface area contributed by atoms with Crippen molar-refractivity contribution in [3.63, 3.8) is 0 Å². The normalized spacial score (nSPS) is 12.4. The second-order valence-corrected chi connectivity index (χ2v) is 4.92. The molecule has 1 nitrogen and oxygen atoms in total. The first-order valence-corrected chi connectivity index (χ1v) is 5.86. The summed E-state index contributed by atoms with van der Waals surface area (Å²) < 4.78 is 0. The van der Waals surface area contributed by atoms with Crippen LogP contribution in [0.15, 0.2) is 29.2 Å². The summed E-state index contributed by atoms with van der Waals surface area (Å²) in [5, 5.41) is 0.655. The molecule has 1 atom stereocenters. The molecule has 0 fully saturated rings. The lowest BCUT2D eigenvalue weighted by Gasteiger charge is -2.09. The van der Waals surface area contributed by atoms with Crippen molar-refractivity contribution in [2.75, 3.05) is 0 Å². The summed E-state index contributed by atoms with van der Waals surface area (Å²) in [6.07, 6.45) is 3.34. The smallest absolute Gasteiger partial charge is 0.150 e. The molecular formula is C12H16OS. The molecule has 0 saturated heterocycles. The molecule has 0 radical (unpaired) electrons. The lowest BCUT2D eigenvalue weighted by Crippen LogP contribution is -1.94. The number of carbonyl (C=O) groups excluding carboxylic acids is 1. The third-order valence-electron chi connectivity index (χ3n) is 2.05. The third-order valence-corrected chi connectivity index (χ3v) is 3.23. The van der Waals surface area contributed by atoms with Gasteiger partial charge < -0.3 is 0 Å². The van der Waals surface area contributed by atoms with Crippen LogP contribution in [-0.4, -0.2) is 11.5 Å². The van der Waals surface area contributed by atoms with Crippen LogP contribution < -0.4 is 0 Å². The lowest BCUT2D eigenvalue weighted by molar-refractivity contribution is 0.112. The third kappa shape index (κ3) is 3.54. The van der Waals surface area contributed by atoms with Gasteiger partial charge in [0.15, 0.2) is 0 Å². The molecule has 0 bridgehead atoms. The molecular weight excluding hydrogens is 192 g/mol. The van der Waals surface area contributed by atoms with Crippen LogP contribution in [0.4, 0.5) is 0 Å². The van der Waals surface area contributed by atoms with Crippen LogP contribution in [0.1, 0.15) is 37.0 Å². The van der Waals surface area contributed by atoms with E-state index in [2.05, 4.69) is 13.8 Å². The van der Waals surface area contributed by atoms with E-state index < -0.39 is 0 Å². The van der Waals surface area contributed by atoms with Gasteiger partial charge in [-0.3, -0.25) is 4.79 Å². The zero-order chi connectivity index (χ0) is 10.4. The molecule has 0 aliphatic heterocycles. The van der Waals surface area contributed by atoms with Gasteiger partial charge in [-0.25, -0.2) is 0 Å². The zero-order valence-electron chi connectivity index (χ0n) is 8.69. The van der Waals surface area contributed by atoms with Crippen LogP contribution in [0.5, 0.6) is 0 Å². The van der Waals surface area contributed by atoms with Gasteiger partial charge in [0.1, 0.15) is 6.29 Å². The Labute approximate surface area is 89.9 Å². The molecule has 0 aromatic heterocycles. The van der Waals surface area contributed by atoms with Crippen molar-refractivity contribution in [1.82, 2.24) is 0 Å². The first-order chi connectivity index (χ1) is 6.76. The van der Waals surface area contributed by atoms with E-state index in [1.807, 2.05) is 36.0 Å². The van der Waals surface area contributed by atoms with E-state index in [1.54, 1.807) is 0 Å². The summed E-state index contributed by atoms with van der Waals surface area (Å²) in [5.41, 5.74) is 0.748. The average molecular weight is 208 g/mol. The van der Waals surface area contributed by atoms with E-state index in [1.165, 1.54) is 17.7 Å². The largest absolute Gasteiger partial charge is 0.298 e. The topological polar surface area (TPSA) is 17.1 Å². The number of hydrogen-bond donors (Lipinski definition) is 0.